The van der Waals surface area contributed by atoms with Crippen LogP contribution in [0, 0.1) is 5.92 Å². The molecule has 3 aromatic heterocycles. The predicted octanol–water partition coefficient (Wildman–Crippen LogP) is 1.34. The van der Waals surface area contributed by atoms with Gasteiger partial charge >= 0.3 is 6.03 Å². The normalized spacial score (nSPS) is 15.5. The van der Waals surface area contributed by atoms with E-state index in [9.17, 15) is 9.59 Å². The van der Waals surface area contributed by atoms with Crippen LogP contribution in [-0.4, -0.2) is 81.5 Å². The van der Waals surface area contributed by atoms with Crippen LogP contribution in [0.5, 0.6) is 0 Å². The molecule has 34 heavy (non-hydrogen) atoms. The molecule has 1 aliphatic rings. The maximum Gasteiger partial charge on any atom is 0.316 e. The number of amides is 3. The van der Waals surface area contributed by atoms with E-state index in [-0.39, 0.29) is 0 Å². The minimum atomic E-state index is -0.906. The number of likely N-dealkylation sites (N-methyl/N-ethyl adjacent to an activating group) is 1. The molecule has 1 saturated heterocycles. The highest BCUT2D eigenvalue weighted by Crippen LogP contribution is 2.25. The largest absolute Gasteiger partial charge is 0.360 e. The number of thiazole rings is 1. The van der Waals surface area contributed by atoms with Gasteiger partial charge in [0.25, 0.3) is 5.91 Å². The molecule has 0 aliphatic carbocycles. The Balaban J connectivity index is 1.47. The van der Waals surface area contributed by atoms with Crippen molar-refractivity contribution in [3.05, 3.63) is 29.6 Å². The van der Waals surface area contributed by atoms with Crippen LogP contribution in [0.1, 0.15) is 42.1 Å². The number of carbonyl (C=O) groups excluding carboxylic acids is 2. The van der Waals surface area contributed by atoms with Crippen LogP contribution in [0.2, 0.25) is 0 Å². The Bertz CT molecular complexity index is 1090. The lowest BCUT2D eigenvalue weighted by molar-refractivity contribution is 0.0929. The summed E-state index contributed by atoms with van der Waals surface area (Å²) < 4.78 is 0. The molecule has 1 atom stereocenters. The number of aromatic nitrogens is 5. The number of urea groups is 1. The zero-order chi connectivity index (χ0) is 24.1. The first-order chi connectivity index (χ1) is 16.4. The molecule has 4 heterocycles. The zero-order valence-corrected chi connectivity index (χ0v) is 20.4. The van der Waals surface area contributed by atoms with E-state index in [2.05, 4.69) is 71.6 Å². The van der Waals surface area contributed by atoms with E-state index in [1.807, 2.05) is 0 Å². The van der Waals surface area contributed by atoms with Gasteiger partial charge in [0.2, 0.25) is 0 Å². The smallest absolute Gasteiger partial charge is 0.316 e. The third kappa shape index (κ3) is 5.97. The molecule has 0 radical (unpaired) electrons. The highest BCUT2D eigenvalue weighted by Gasteiger charge is 2.24. The number of H-pyrrole nitrogens is 1. The van der Waals surface area contributed by atoms with E-state index in [0.29, 0.717) is 34.5 Å². The maximum atomic E-state index is 13.0. The van der Waals surface area contributed by atoms with Gasteiger partial charge in [0.1, 0.15) is 16.8 Å². The Morgan fingerprint density at radius 2 is 1.94 bits per heavy atom. The maximum absolute atomic E-state index is 13.0. The van der Waals surface area contributed by atoms with Crippen molar-refractivity contribution in [1.82, 2.24) is 45.8 Å². The van der Waals surface area contributed by atoms with Crippen LogP contribution in [-0.2, 0) is 0 Å². The Morgan fingerprint density at radius 1 is 1.15 bits per heavy atom. The van der Waals surface area contributed by atoms with Gasteiger partial charge in [-0.1, -0.05) is 25.2 Å². The van der Waals surface area contributed by atoms with Crippen molar-refractivity contribution in [2.75, 3.05) is 44.7 Å². The van der Waals surface area contributed by atoms with Gasteiger partial charge < -0.3 is 30.7 Å². The van der Waals surface area contributed by atoms with Gasteiger partial charge in [-0.3, -0.25) is 4.79 Å². The van der Waals surface area contributed by atoms with E-state index >= 15 is 0 Å². The molecule has 13 heteroatoms. The second kappa shape index (κ2) is 10.7. The summed E-state index contributed by atoms with van der Waals surface area (Å²) in [5.74, 6) is 0.409. The van der Waals surface area contributed by atoms with Crippen molar-refractivity contribution in [3.8, 4) is 0 Å². The Morgan fingerprint density at radius 3 is 2.68 bits per heavy atom. The number of imidazole rings is 1. The number of nitrogens with one attached hydrogen (secondary N) is 4. The van der Waals surface area contributed by atoms with Crippen molar-refractivity contribution in [2.24, 2.45) is 5.92 Å². The third-order valence-corrected chi connectivity index (χ3v) is 6.57. The summed E-state index contributed by atoms with van der Waals surface area (Å²) in [6.45, 7) is 8.40. The van der Waals surface area contributed by atoms with Crippen LogP contribution in [0.3, 0.4) is 0 Å². The number of fused-ring (bicyclic) bond motifs is 1. The van der Waals surface area contributed by atoms with Gasteiger partial charge in [0, 0.05) is 32.7 Å². The first kappa shape index (κ1) is 23.8. The van der Waals surface area contributed by atoms with Crippen LogP contribution in [0.25, 0.3) is 11.2 Å². The van der Waals surface area contributed by atoms with Crippen LogP contribution < -0.4 is 20.9 Å². The fourth-order valence-electron chi connectivity index (χ4n) is 3.48. The molecule has 1 aliphatic heterocycles. The summed E-state index contributed by atoms with van der Waals surface area (Å²) in [6.07, 6.45) is 4.64. The monoisotopic (exact) mass is 486 g/mol. The Kier molecular flexibility index (Phi) is 7.53. The number of rotatable bonds is 8. The molecular weight excluding hydrogens is 456 g/mol. The second-order valence-electron chi connectivity index (χ2n) is 8.67. The lowest BCUT2D eigenvalue weighted by atomic mass is 10.1. The predicted molar refractivity (Wildman–Crippen MR) is 130 cm³/mol. The van der Waals surface area contributed by atoms with E-state index in [4.69, 9.17) is 0 Å². The van der Waals surface area contributed by atoms with Gasteiger partial charge in [-0.05, 0) is 19.4 Å². The molecule has 0 saturated carbocycles. The molecule has 3 aromatic rings. The van der Waals surface area contributed by atoms with Crippen molar-refractivity contribution < 1.29 is 9.59 Å². The van der Waals surface area contributed by atoms with E-state index < -0.39 is 18.1 Å². The second-order valence-corrected chi connectivity index (χ2v) is 9.67. The fraction of sp³-hybridized carbons (Fsp3) is 0.524. The molecule has 1 unspecified atom stereocenters. The van der Waals surface area contributed by atoms with Gasteiger partial charge in [0.05, 0.1) is 12.4 Å². The van der Waals surface area contributed by atoms with Crippen molar-refractivity contribution in [3.63, 3.8) is 0 Å². The average molecular weight is 487 g/mol. The molecule has 0 spiro atoms. The lowest BCUT2D eigenvalue weighted by Crippen LogP contribution is -2.46. The number of piperazine rings is 1. The highest BCUT2D eigenvalue weighted by molar-refractivity contribution is 7.17. The van der Waals surface area contributed by atoms with E-state index in [1.54, 1.807) is 12.4 Å². The van der Waals surface area contributed by atoms with Crippen molar-refractivity contribution in [2.45, 2.75) is 26.4 Å². The van der Waals surface area contributed by atoms with Gasteiger partial charge in [-0.2, -0.15) is 0 Å². The molecule has 1 fully saturated rings. The summed E-state index contributed by atoms with van der Waals surface area (Å²) in [6, 6.07) is -0.408. The minimum absolute atomic E-state index is 0.317. The standard InChI is InChI=1S/C21H30N10O2S/c1-13(2)4-5-23-21(33)29-18(17-26-14-10-22-12-25-16(14)27-17)28-19(32)20-24-11-15(34-20)31-8-6-30(3)7-9-31/h10-13,18H,4-9H2,1-3H3,(H,28,32)(H2,23,29,33)(H,22,25,26,27). The average Bonchev–Trinajstić information content (AvgIpc) is 3.46. The first-order valence-electron chi connectivity index (χ1n) is 11.3. The molecule has 0 aromatic carbocycles. The topological polar surface area (TPSA) is 144 Å². The number of hydrogen-bond donors (Lipinski definition) is 4. The summed E-state index contributed by atoms with van der Waals surface area (Å²) >= 11 is 1.33. The van der Waals surface area contributed by atoms with Gasteiger partial charge in [-0.15, -0.1) is 0 Å². The quantitative estimate of drug-likeness (QED) is 0.349. The Hall–Kier alpha value is -3.32. The van der Waals surface area contributed by atoms with E-state index in [0.717, 1.165) is 37.6 Å². The molecular formula is C21H30N10O2S. The molecule has 4 rings (SSSR count). The summed E-state index contributed by atoms with van der Waals surface area (Å²) in [5, 5.41) is 9.70. The van der Waals surface area contributed by atoms with Gasteiger partial charge in [0.15, 0.2) is 22.6 Å². The van der Waals surface area contributed by atoms with Crippen molar-refractivity contribution >= 4 is 39.4 Å². The third-order valence-electron chi connectivity index (χ3n) is 5.51. The molecule has 182 valence electrons. The number of anilines is 1. The molecule has 12 nitrogen and oxygen atoms in total. The number of nitrogens with zero attached hydrogens (tertiary/aromatic N) is 6. The minimum Gasteiger partial charge on any atom is -0.360 e. The first-order valence-corrected chi connectivity index (χ1v) is 12.1. The zero-order valence-electron chi connectivity index (χ0n) is 19.5. The molecule has 0 bridgehead atoms. The number of aromatic amines is 1. The highest BCUT2D eigenvalue weighted by atomic mass is 32.1. The number of hydrogen-bond acceptors (Lipinski definition) is 9. The van der Waals surface area contributed by atoms with E-state index in [1.165, 1.54) is 17.7 Å². The summed E-state index contributed by atoms with van der Waals surface area (Å²) in [4.78, 5) is 49.9. The SMILES string of the molecule is CC(C)CCNC(=O)NC(NC(=O)c1ncc(N2CCN(C)CC2)s1)c1nc2ncncc2[nH]1. The summed E-state index contributed by atoms with van der Waals surface area (Å²) in [5.41, 5.74) is 1.04. The molecule has 3 amide bonds. The molecule has 4 N–H and O–H groups in total. The van der Waals surface area contributed by atoms with Crippen LogP contribution >= 0.6 is 11.3 Å². The van der Waals surface area contributed by atoms with Crippen LogP contribution in [0.15, 0.2) is 18.7 Å². The lowest BCUT2D eigenvalue weighted by Gasteiger charge is -2.32. The van der Waals surface area contributed by atoms with Crippen LogP contribution in [0.4, 0.5) is 9.80 Å². The van der Waals surface area contributed by atoms with Crippen molar-refractivity contribution in [1.29, 1.82) is 0 Å². The number of carbonyl (C=O) groups is 2. The summed E-state index contributed by atoms with van der Waals surface area (Å²) in [7, 11) is 2.10. The fourth-order valence-corrected chi connectivity index (χ4v) is 4.36. The van der Waals surface area contributed by atoms with Gasteiger partial charge in [-0.25, -0.2) is 24.7 Å². The Labute approximate surface area is 201 Å².